The quantitative estimate of drug-likeness (QED) is 0.676. The van der Waals surface area contributed by atoms with Crippen LogP contribution in [0.15, 0.2) is 42.5 Å². The van der Waals surface area contributed by atoms with Crippen LogP contribution in [-0.2, 0) is 19.1 Å². The molecule has 2 amide bonds. The molecule has 0 unspecified atom stereocenters. The SMILES string of the molecule is COc1ccc(N2C[C@H](C(=O)OCC(=O)Nc3ccc(Cl)cc3)CC2=O)c(OC)c1. The molecule has 0 saturated carbocycles. The molecule has 1 atom stereocenters. The summed E-state index contributed by atoms with van der Waals surface area (Å²) in [5, 5.41) is 3.15. The number of carbonyl (C=O) groups excluding carboxylic acids is 3. The molecule has 3 rings (SSSR count). The van der Waals surface area contributed by atoms with Crippen molar-refractivity contribution in [3.63, 3.8) is 0 Å². The minimum absolute atomic E-state index is 0.00712. The van der Waals surface area contributed by atoms with E-state index in [1.54, 1.807) is 42.5 Å². The first-order valence-electron chi connectivity index (χ1n) is 9.15. The zero-order valence-corrected chi connectivity index (χ0v) is 17.3. The van der Waals surface area contributed by atoms with Crippen molar-refractivity contribution in [1.82, 2.24) is 0 Å². The van der Waals surface area contributed by atoms with Gasteiger partial charge < -0.3 is 24.4 Å². The van der Waals surface area contributed by atoms with Crippen LogP contribution in [0.4, 0.5) is 11.4 Å². The predicted molar refractivity (Wildman–Crippen MR) is 111 cm³/mol. The van der Waals surface area contributed by atoms with Gasteiger partial charge in [0.1, 0.15) is 11.5 Å². The van der Waals surface area contributed by atoms with Crippen LogP contribution >= 0.6 is 11.6 Å². The van der Waals surface area contributed by atoms with E-state index in [-0.39, 0.29) is 18.9 Å². The second-order valence-corrected chi connectivity index (χ2v) is 7.04. The number of carbonyl (C=O) groups is 3. The highest BCUT2D eigenvalue weighted by Gasteiger charge is 2.37. The highest BCUT2D eigenvalue weighted by atomic mass is 35.5. The van der Waals surface area contributed by atoms with Gasteiger partial charge in [-0.2, -0.15) is 0 Å². The Morgan fingerprint density at radius 1 is 1.13 bits per heavy atom. The third-order valence-corrected chi connectivity index (χ3v) is 4.86. The lowest BCUT2D eigenvalue weighted by Gasteiger charge is -2.20. The summed E-state index contributed by atoms with van der Waals surface area (Å²) in [4.78, 5) is 38.3. The molecule has 8 nitrogen and oxygen atoms in total. The minimum Gasteiger partial charge on any atom is -0.497 e. The molecule has 1 saturated heterocycles. The Labute approximate surface area is 178 Å². The molecule has 30 heavy (non-hydrogen) atoms. The topological polar surface area (TPSA) is 94.2 Å². The molecule has 1 N–H and O–H groups in total. The molecule has 1 aliphatic heterocycles. The first-order chi connectivity index (χ1) is 14.4. The highest BCUT2D eigenvalue weighted by Crippen LogP contribution is 2.36. The second-order valence-electron chi connectivity index (χ2n) is 6.61. The summed E-state index contributed by atoms with van der Waals surface area (Å²) in [6.07, 6.45) is -0.00712. The van der Waals surface area contributed by atoms with Crippen LogP contribution in [0.3, 0.4) is 0 Å². The zero-order chi connectivity index (χ0) is 21.7. The zero-order valence-electron chi connectivity index (χ0n) is 16.5. The number of hydrogen-bond acceptors (Lipinski definition) is 6. The molecule has 0 aromatic heterocycles. The van der Waals surface area contributed by atoms with Crippen molar-refractivity contribution in [2.45, 2.75) is 6.42 Å². The molecule has 0 bridgehead atoms. The molecular formula is C21H21ClN2O6. The van der Waals surface area contributed by atoms with E-state index in [1.165, 1.54) is 19.1 Å². The largest absolute Gasteiger partial charge is 0.497 e. The Hall–Kier alpha value is -3.26. The van der Waals surface area contributed by atoms with Gasteiger partial charge in [-0.1, -0.05) is 11.6 Å². The Morgan fingerprint density at radius 3 is 2.53 bits per heavy atom. The lowest BCUT2D eigenvalue weighted by atomic mass is 10.1. The summed E-state index contributed by atoms with van der Waals surface area (Å²) >= 11 is 5.80. The van der Waals surface area contributed by atoms with E-state index >= 15 is 0 Å². The molecule has 0 radical (unpaired) electrons. The molecule has 1 fully saturated rings. The summed E-state index contributed by atoms with van der Waals surface area (Å²) < 4.78 is 15.6. The number of halogens is 1. The number of methoxy groups -OCH3 is 2. The van der Waals surface area contributed by atoms with Crippen molar-refractivity contribution < 1.29 is 28.6 Å². The summed E-state index contributed by atoms with van der Waals surface area (Å²) in [6.45, 7) is -0.308. The van der Waals surface area contributed by atoms with Crippen LogP contribution in [0, 0.1) is 5.92 Å². The third-order valence-electron chi connectivity index (χ3n) is 4.61. The van der Waals surface area contributed by atoms with E-state index in [0.717, 1.165) is 0 Å². The number of anilines is 2. The number of benzene rings is 2. The van der Waals surface area contributed by atoms with Gasteiger partial charge in [0.2, 0.25) is 5.91 Å². The summed E-state index contributed by atoms with van der Waals surface area (Å²) in [6, 6.07) is 11.6. The fraction of sp³-hybridized carbons (Fsp3) is 0.286. The van der Waals surface area contributed by atoms with Gasteiger partial charge in [-0.15, -0.1) is 0 Å². The first kappa shape index (κ1) is 21.4. The standard InChI is InChI=1S/C21H21ClN2O6/c1-28-16-7-8-17(18(10-16)29-2)24-11-13(9-20(24)26)21(27)30-12-19(25)23-15-5-3-14(22)4-6-15/h3-8,10,13H,9,11-12H2,1-2H3,(H,23,25)/t13-/m1/s1. The van der Waals surface area contributed by atoms with Crippen molar-refractivity contribution in [1.29, 1.82) is 0 Å². The number of ether oxygens (including phenoxy) is 3. The monoisotopic (exact) mass is 432 g/mol. The highest BCUT2D eigenvalue weighted by molar-refractivity contribution is 6.30. The molecule has 0 aliphatic carbocycles. The Bertz CT molecular complexity index is 947. The van der Waals surface area contributed by atoms with Gasteiger partial charge in [-0.25, -0.2) is 0 Å². The van der Waals surface area contributed by atoms with Crippen molar-refractivity contribution in [2.75, 3.05) is 37.6 Å². The number of nitrogens with zero attached hydrogens (tertiary/aromatic N) is 1. The molecule has 0 spiro atoms. The van der Waals surface area contributed by atoms with E-state index in [1.807, 2.05) is 0 Å². The van der Waals surface area contributed by atoms with Crippen LogP contribution in [0.1, 0.15) is 6.42 Å². The van der Waals surface area contributed by atoms with Crippen LogP contribution in [0.5, 0.6) is 11.5 Å². The van der Waals surface area contributed by atoms with Gasteiger partial charge in [0.15, 0.2) is 6.61 Å². The van der Waals surface area contributed by atoms with Crippen LogP contribution < -0.4 is 19.7 Å². The van der Waals surface area contributed by atoms with Gasteiger partial charge in [0.05, 0.1) is 25.8 Å². The predicted octanol–water partition coefficient (Wildman–Crippen LogP) is 2.89. The third kappa shape index (κ3) is 5.01. The molecule has 2 aromatic carbocycles. The summed E-state index contributed by atoms with van der Waals surface area (Å²) in [7, 11) is 3.02. The molecule has 9 heteroatoms. The van der Waals surface area contributed by atoms with Crippen molar-refractivity contribution in [3.05, 3.63) is 47.5 Å². The van der Waals surface area contributed by atoms with E-state index in [0.29, 0.717) is 27.9 Å². The van der Waals surface area contributed by atoms with Gasteiger partial charge in [0.25, 0.3) is 5.91 Å². The van der Waals surface area contributed by atoms with E-state index in [2.05, 4.69) is 5.32 Å². The fourth-order valence-electron chi connectivity index (χ4n) is 3.09. The first-order valence-corrected chi connectivity index (χ1v) is 9.53. The number of hydrogen-bond donors (Lipinski definition) is 1. The Morgan fingerprint density at radius 2 is 1.87 bits per heavy atom. The average molecular weight is 433 g/mol. The minimum atomic E-state index is -0.673. The maximum atomic E-state index is 12.5. The molecular weight excluding hydrogens is 412 g/mol. The molecule has 1 aliphatic rings. The van der Waals surface area contributed by atoms with Crippen LogP contribution in [0.25, 0.3) is 0 Å². The number of rotatable bonds is 7. The smallest absolute Gasteiger partial charge is 0.311 e. The van der Waals surface area contributed by atoms with E-state index < -0.39 is 24.4 Å². The lowest BCUT2D eigenvalue weighted by molar-refractivity contribution is -0.151. The van der Waals surface area contributed by atoms with Crippen molar-refractivity contribution in [3.8, 4) is 11.5 Å². The molecule has 158 valence electrons. The Kier molecular flexibility index (Phi) is 6.79. The normalized spacial score (nSPS) is 15.6. The van der Waals surface area contributed by atoms with Crippen LogP contribution in [-0.4, -0.2) is 45.2 Å². The fourth-order valence-corrected chi connectivity index (χ4v) is 3.22. The van der Waals surface area contributed by atoms with Gasteiger partial charge >= 0.3 is 5.97 Å². The molecule has 2 aromatic rings. The maximum absolute atomic E-state index is 12.5. The summed E-state index contributed by atoms with van der Waals surface area (Å²) in [5.41, 5.74) is 1.08. The lowest BCUT2D eigenvalue weighted by Crippen LogP contribution is -2.28. The molecule has 1 heterocycles. The number of amides is 2. The van der Waals surface area contributed by atoms with Crippen molar-refractivity contribution >= 4 is 40.8 Å². The summed E-state index contributed by atoms with van der Waals surface area (Å²) in [5.74, 6) is -0.948. The van der Waals surface area contributed by atoms with E-state index in [9.17, 15) is 14.4 Å². The Balaban J connectivity index is 1.57. The average Bonchev–Trinajstić information content (AvgIpc) is 3.14. The van der Waals surface area contributed by atoms with Gasteiger partial charge in [0, 0.05) is 29.7 Å². The number of esters is 1. The number of nitrogens with one attached hydrogen (secondary N) is 1. The second kappa shape index (κ2) is 9.49. The maximum Gasteiger partial charge on any atom is 0.311 e. The van der Waals surface area contributed by atoms with Gasteiger partial charge in [-0.3, -0.25) is 14.4 Å². The van der Waals surface area contributed by atoms with Gasteiger partial charge in [-0.05, 0) is 36.4 Å². The van der Waals surface area contributed by atoms with E-state index in [4.69, 9.17) is 25.8 Å². The van der Waals surface area contributed by atoms with Crippen LogP contribution in [0.2, 0.25) is 5.02 Å². The van der Waals surface area contributed by atoms with Crippen molar-refractivity contribution in [2.24, 2.45) is 5.92 Å².